The summed E-state index contributed by atoms with van der Waals surface area (Å²) in [6, 6.07) is 0. The van der Waals surface area contributed by atoms with Crippen molar-refractivity contribution in [3.05, 3.63) is 11.9 Å². The summed E-state index contributed by atoms with van der Waals surface area (Å²) in [7, 11) is 0. The lowest BCUT2D eigenvalue weighted by Crippen LogP contribution is -1.78. The molecular formula is C5H8FN. The lowest BCUT2D eigenvalue weighted by atomic mass is 10.4. The second-order valence-electron chi connectivity index (χ2n) is 1.41. The van der Waals surface area contributed by atoms with Gasteiger partial charge in [0.15, 0.2) is 0 Å². The third-order valence-electron chi connectivity index (χ3n) is 0.415. The summed E-state index contributed by atoms with van der Waals surface area (Å²) in [6.45, 7) is 2.85. The fourth-order valence-corrected chi connectivity index (χ4v) is 0.298. The van der Waals surface area contributed by atoms with E-state index in [1.54, 1.807) is 0 Å². The molecule has 0 fully saturated rings. The fourth-order valence-electron chi connectivity index (χ4n) is 0.298. The minimum atomic E-state index is -0.312. The molecule has 0 aliphatic rings. The van der Waals surface area contributed by atoms with Crippen LogP contribution in [0.2, 0.25) is 0 Å². The van der Waals surface area contributed by atoms with Crippen LogP contribution in [-0.2, 0) is 0 Å². The van der Waals surface area contributed by atoms with Gasteiger partial charge in [0.25, 0.3) is 0 Å². The van der Waals surface area contributed by atoms with E-state index in [0.717, 1.165) is 0 Å². The van der Waals surface area contributed by atoms with Crippen LogP contribution in [0, 0.1) is 5.41 Å². The Bertz CT molecular complexity index is 101. The molecule has 40 valence electrons. The monoisotopic (exact) mass is 101 g/mol. The van der Waals surface area contributed by atoms with E-state index in [0.29, 0.717) is 0 Å². The van der Waals surface area contributed by atoms with E-state index in [1.165, 1.54) is 19.9 Å². The van der Waals surface area contributed by atoms with Crippen LogP contribution in [0.1, 0.15) is 13.8 Å². The lowest BCUT2D eigenvalue weighted by Gasteiger charge is -1.80. The smallest absolute Gasteiger partial charge is 0.0986 e. The van der Waals surface area contributed by atoms with Gasteiger partial charge in [-0.3, -0.25) is 0 Å². The van der Waals surface area contributed by atoms with Gasteiger partial charge in [-0.2, -0.15) is 0 Å². The van der Waals surface area contributed by atoms with E-state index in [9.17, 15) is 4.39 Å². The highest BCUT2D eigenvalue weighted by molar-refractivity contribution is 5.90. The second kappa shape index (κ2) is 2.50. The highest BCUT2D eigenvalue weighted by Crippen LogP contribution is 1.90. The molecule has 0 saturated heterocycles. The van der Waals surface area contributed by atoms with Crippen LogP contribution in [0.3, 0.4) is 0 Å². The van der Waals surface area contributed by atoms with Gasteiger partial charge in [-0.1, -0.05) is 0 Å². The highest BCUT2D eigenvalue weighted by atomic mass is 19.1. The molecule has 0 spiro atoms. The molecule has 0 atom stereocenters. The van der Waals surface area contributed by atoms with Gasteiger partial charge in [0.05, 0.1) is 5.83 Å². The summed E-state index contributed by atoms with van der Waals surface area (Å²) in [6.07, 6.45) is 1.17. The van der Waals surface area contributed by atoms with Crippen molar-refractivity contribution in [2.75, 3.05) is 0 Å². The molecule has 2 heteroatoms. The molecule has 0 saturated carbocycles. The summed E-state index contributed by atoms with van der Waals surface area (Å²) in [5.41, 5.74) is 0.250. The first-order valence-corrected chi connectivity index (χ1v) is 2.02. The Morgan fingerprint density at radius 1 is 1.57 bits per heavy atom. The van der Waals surface area contributed by atoms with E-state index in [1.807, 2.05) is 0 Å². The first-order valence-electron chi connectivity index (χ1n) is 2.02. The average Bonchev–Trinajstić information content (AvgIpc) is 1.27. The van der Waals surface area contributed by atoms with Crippen molar-refractivity contribution >= 4 is 5.71 Å². The largest absolute Gasteiger partial charge is 0.306 e. The van der Waals surface area contributed by atoms with Gasteiger partial charge in [-0.25, -0.2) is 4.39 Å². The third-order valence-corrected chi connectivity index (χ3v) is 0.415. The van der Waals surface area contributed by atoms with Crippen LogP contribution in [0.4, 0.5) is 4.39 Å². The molecule has 0 aromatic heterocycles. The van der Waals surface area contributed by atoms with Crippen LogP contribution in [-0.4, -0.2) is 5.71 Å². The van der Waals surface area contributed by atoms with E-state index < -0.39 is 0 Å². The molecule has 0 unspecified atom stereocenters. The van der Waals surface area contributed by atoms with Gasteiger partial charge in [0.2, 0.25) is 0 Å². The van der Waals surface area contributed by atoms with Crippen molar-refractivity contribution in [1.82, 2.24) is 0 Å². The van der Waals surface area contributed by atoms with Gasteiger partial charge in [0, 0.05) is 5.71 Å². The summed E-state index contributed by atoms with van der Waals surface area (Å²) < 4.78 is 11.7. The second-order valence-corrected chi connectivity index (χ2v) is 1.41. The Hall–Kier alpha value is -0.660. The number of nitrogens with one attached hydrogen (secondary N) is 1. The van der Waals surface area contributed by atoms with Crippen LogP contribution < -0.4 is 0 Å². The van der Waals surface area contributed by atoms with Crippen molar-refractivity contribution in [1.29, 1.82) is 5.41 Å². The molecule has 0 rings (SSSR count). The molecule has 0 aromatic carbocycles. The molecule has 0 aromatic rings. The summed E-state index contributed by atoms with van der Waals surface area (Å²) >= 11 is 0. The van der Waals surface area contributed by atoms with E-state index in [2.05, 4.69) is 0 Å². The Kier molecular flexibility index (Phi) is 2.27. The zero-order valence-electron chi connectivity index (χ0n) is 4.46. The molecule has 0 bridgehead atoms. The SMILES string of the molecule is CC(=N)/C=C(\C)F. The predicted molar refractivity (Wildman–Crippen MR) is 28.3 cm³/mol. The zero-order valence-corrected chi connectivity index (χ0v) is 4.46. The van der Waals surface area contributed by atoms with Crippen LogP contribution in [0.15, 0.2) is 11.9 Å². The van der Waals surface area contributed by atoms with Crippen molar-refractivity contribution < 1.29 is 4.39 Å². The van der Waals surface area contributed by atoms with Gasteiger partial charge in [-0.05, 0) is 19.9 Å². The normalized spacial score (nSPS) is 11.6. The minimum absolute atomic E-state index is 0.250. The Balaban J connectivity index is 3.68. The molecule has 0 amide bonds. The Labute approximate surface area is 42.4 Å². The summed E-state index contributed by atoms with van der Waals surface area (Å²) in [5, 5.41) is 6.71. The predicted octanol–water partition coefficient (Wildman–Crippen LogP) is 1.90. The quantitative estimate of drug-likeness (QED) is 0.488. The van der Waals surface area contributed by atoms with Crippen LogP contribution in [0.25, 0.3) is 0 Å². The van der Waals surface area contributed by atoms with Gasteiger partial charge >= 0.3 is 0 Å². The number of halogens is 1. The number of hydrogen-bond donors (Lipinski definition) is 1. The maximum absolute atomic E-state index is 11.7. The molecule has 0 heterocycles. The maximum atomic E-state index is 11.7. The molecule has 0 radical (unpaired) electrons. The third kappa shape index (κ3) is 5.34. The lowest BCUT2D eigenvalue weighted by molar-refractivity contribution is 0.642. The summed E-state index contributed by atoms with van der Waals surface area (Å²) in [4.78, 5) is 0. The van der Waals surface area contributed by atoms with E-state index in [-0.39, 0.29) is 11.5 Å². The summed E-state index contributed by atoms with van der Waals surface area (Å²) in [5.74, 6) is -0.312. The first kappa shape index (κ1) is 6.34. The number of allylic oxidation sites excluding steroid dienone is 2. The molecular weight excluding hydrogens is 93.1 g/mol. The highest BCUT2D eigenvalue weighted by Gasteiger charge is 1.80. The van der Waals surface area contributed by atoms with Crippen LogP contribution >= 0.6 is 0 Å². The van der Waals surface area contributed by atoms with Gasteiger partial charge in [-0.15, -0.1) is 0 Å². The topological polar surface area (TPSA) is 23.9 Å². The molecule has 0 aliphatic carbocycles. The number of rotatable bonds is 1. The van der Waals surface area contributed by atoms with Crippen LogP contribution in [0.5, 0.6) is 0 Å². The van der Waals surface area contributed by atoms with Crippen molar-refractivity contribution in [2.24, 2.45) is 0 Å². The van der Waals surface area contributed by atoms with Gasteiger partial charge < -0.3 is 5.41 Å². The standard InChI is InChI=1S/C5H8FN/c1-4(6)3-5(2)7/h3,7H,1-2H3/b4-3+,7-5?. The first-order chi connectivity index (χ1) is 3.13. The van der Waals surface area contributed by atoms with E-state index in [4.69, 9.17) is 5.41 Å². The maximum Gasteiger partial charge on any atom is 0.0986 e. The average molecular weight is 101 g/mol. The van der Waals surface area contributed by atoms with Crippen molar-refractivity contribution in [2.45, 2.75) is 13.8 Å². The Morgan fingerprint density at radius 3 is 2.00 bits per heavy atom. The zero-order chi connectivity index (χ0) is 5.86. The molecule has 0 aliphatic heterocycles. The minimum Gasteiger partial charge on any atom is -0.306 e. The van der Waals surface area contributed by atoms with Gasteiger partial charge in [0.1, 0.15) is 0 Å². The Morgan fingerprint density at radius 2 is 2.00 bits per heavy atom. The molecule has 7 heavy (non-hydrogen) atoms. The number of hydrogen-bond acceptors (Lipinski definition) is 1. The molecule has 1 N–H and O–H groups in total. The molecule has 1 nitrogen and oxygen atoms in total. The fraction of sp³-hybridized carbons (Fsp3) is 0.400. The van der Waals surface area contributed by atoms with E-state index >= 15 is 0 Å². The van der Waals surface area contributed by atoms with Crippen molar-refractivity contribution in [3.63, 3.8) is 0 Å². The van der Waals surface area contributed by atoms with Crippen molar-refractivity contribution in [3.8, 4) is 0 Å².